The number of rotatable bonds is 12. The molecule has 0 radical (unpaired) electrons. The molecule has 1 aromatic heterocycles. The first-order valence-electron chi connectivity index (χ1n) is 8.23. The monoisotopic (exact) mass is 376 g/mol. The number of hydroxylamine groups is 1. The molecule has 0 fully saturated rings. The molecule has 0 aliphatic rings. The van der Waals surface area contributed by atoms with E-state index in [9.17, 15) is 15.3 Å². The van der Waals surface area contributed by atoms with Gasteiger partial charge in [0.25, 0.3) is 11.9 Å². The van der Waals surface area contributed by atoms with Crippen molar-refractivity contribution in [2.45, 2.75) is 46.8 Å². The lowest BCUT2D eigenvalue weighted by molar-refractivity contribution is -0.112. The van der Waals surface area contributed by atoms with Crippen LogP contribution in [-0.4, -0.2) is 69.3 Å². The molecule has 0 spiro atoms. The third-order valence-electron chi connectivity index (χ3n) is 2.63. The van der Waals surface area contributed by atoms with Gasteiger partial charge in [-0.2, -0.15) is 20.0 Å². The van der Waals surface area contributed by atoms with Gasteiger partial charge in [0.15, 0.2) is 0 Å². The summed E-state index contributed by atoms with van der Waals surface area (Å²) in [5.41, 5.74) is 0. The van der Waals surface area contributed by atoms with E-state index in [0.717, 1.165) is 15.2 Å². The molecule has 12 nitrogen and oxygen atoms in total. The maximum absolute atomic E-state index is 9.56. The highest BCUT2D eigenvalue weighted by Crippen LogP contribution is 2.20. The predicted octanol–water partition coefficient (Wildman–Crippen LogP) is -0.228. The fourth-order valence-electron chi connectivity index (χ4n) is 1.69. The predicted molar refractivity (Wildman–Crippen MR) is 92.6 cm³/mol. The van der Waals surface area contributed by atoms with Crippen molar-refractivity contribution in [3.05, 3.63) is 0 Å². The molecule has 0 aromatic carbocycles. The highest BCUT2D eigenvalue weighted by atomic mass is 17.0. The molecule has 150 valence electrons. The molecule has 0 unspecified atom stereocenters. The van der Waals surface area contributed by atoms with Gasteiger partial charge in [0.05, 0.1) is 18.8 Å². The summed E-state index contributed by atoms with van der Waals surface area (Å²) in [6.07, 6.45) is -0.495. The summed E-state index contributed by atoms with van der Waals surface area (Å²) < 4.78 is 0. The Labute approximate surface area is 152 Å². The van der Waals surface area contributed by atoms with Gasteiger partial charge in [-0.1, -0.05) is 5.23 Å². The van der Waals surface area contributed by atoms with E-state index < -0.39 is 20.2 Å². The summed E-state index contributed by atoms with van der Waals surface area (Å²) in [6.45, 7) is 7.57. The normalized spacial score (nSPS) is 11.3. The first-order chi connectivity index (χ1) is 12.4. The molecule has 0 aliphatic heterocycles. The molecule has 1 heterocycles. The molecular weight excluding hydrogens is 348 g/mol. The summed E-state index contributed by atoms with van der Waals surface area (Å²) in [7, 11) is 0. The Bertz CT molecular complexity index is 531. The van der Waals surface area contributed by atoms with Crippen LogP contribution in [0.25, 0.3) is 0 Å². The Hall–Kier alpha value is -1.83. The third kappa shape index (κ3) is 6.48. The SMILES string of the molecule is CCON(OC(C)C)c1nc(N(CO)CO)nc(N(CO)OC(C)C)n1. The van der Waals surface area contributed by atoms with Crippen LogP contribution in [0.15, 0.2) is 0 Å². The van der Waals surface area contributed by atoms with Crippen LogP contribution < -0.4 is 15.2 Å². The largest absolute Gasteiger partial charge is 0.376 e. The van der Waals surface area contributed by atoms with Crippen LogP contribution in [0.3, 0.4) is 0 Å². The van der Waals surface area contributed by atoms with Gasteiger partial charge in [-0.05, 0) is 34.6 Å². The van der Waals surface area contributed by atoms with Gasteiger partial charge >= 0.3 is 0 Å². The number of hydrogen-bond donors (Lipinski definition) is 3. The standard InChI is InChI=1S/C14H28N6O6/c1-6-24-20(26-11(4)5)14-16-12(18(7-21)8-22)15-13(17-14)19(9-23)25-10(2)3/h10-11,21-23H,6-9H2,1-5H3. The summed E-state index contributed by atoms with van der Waals surface area (Å²) in [5.74, 6) is -0.152. The zero-order valence-electron chi connectivity index (χ0n) is 15.7. The fourth-order valence-corrected chi connectivity index (χ4v) is 1.69. The number of aliphatic hydroxyl groups excluding tert-OH is 3. The third-order valence-corrected chi connectivity index (χ3v) is 2.63. The minimum absolute atomic E-state index is 0.0433. The van der Waals surface area contributed by atoms with Gasteiger partial charge in [0, 0.05) is 0 Å². The second-order valence-corrected chi connectivity index (χ2v) is 5.56. The first-order valence-corrected chi connectivity index (χ1v) is 8.23. The lowest BCUT2D eigenvalue weighted by atomic mass is 10.5. The molecule has 26 heavy (non-hydrogen) atoms. The van der Waals surface area contributed by atoms with E-state index in [1.165, 1.54) is 0 Å². The lowest BCUT2D eigenvalue weighted by Crippen LogP contribution is -2.35. The highest BCUT2D eigenvalue weighted by Gasteiger charge is 2.22. The topological polar surface area (TPSA) is 137 Å². The minimum atomic E-state index is -0.538. The van der Waals surface area contributed by atoms with E-state index >= 15 is 0 Å². The molecule has 0 saturated heterocycles. The summed E-state index contributed by atoms with van der Waals surface area (Å²) in [5, 5.41) is 30.4. The Kier molecular flexibility index (Phi) is 9.40. The van der Waals surface area contributed by atoms with Crippen molar-refractivity contribution in [1.29, 1.82) is 0 Å². The second kappa shape index (κ2) is 11.0. The van der Waals surface area contributed by atoms with Crippen molar-refractivity contribution in [2.24, 2.45) is 0 Å². The number of aliphatic hydroxyl groups is 3. The number of anilines is 3. The van der Waals surface area contributed by atoms with E-state index in [4.69, 9.17) is 14.5 Å². The molecule has 0 aliphatic carbocycles. The van der Waals surface area contributed by atoms with E-state index in [1.807, 2.05) is 0 Å². The minimum Gasteiger partial charge on any atom is -0.376 e. The van der Waals surface area contributed by atoms with Gasteiger partial charge in [-0.25, -0.2) is 9.68 Å². The number of aromatic nitrogens is 3. The zero-order chi connectivity index (χ0) is 19.7. The van der Waals surface area contributed by atoms with Crippen molar-refractivity contribution in [1.82, 2.24) is 15.0 Å². The molecule has 1 aromatic rings. The molecule has 3 N–H and O–H groups in total. The fraction of sp³-hybridized carbons (Fsp3) is 0.786. The summed E-state index contributed by atoms with van der Waals surface area (Å²) in [6, 6.07) is 0. The van der Waals surface area contributed by atoms with Gasteiger partial charge in [0.1, 0.15) is 20.2 Å². The van der Waals surface area contributed by atoms with Gasteiger partial charge in [0.2, 0.25) is 5.95 Å². The number of nitrogens with zero attached hydrogens (tertiary/aromatic N) is 6. The molecule has 0 saturated carbocycles. The highest BCUT2D eigenvalue weighted by molar-refractivity contribution is 5.43. The molecular formula is C14H28N6O6. The lowest BCUT2D eigenvalue weighted by Gasteiger charge is -2.26. The smallest absolute Gasteiger partial charge is 0.284 e. The maximum Gasteiger partial charge on any atom is 0.284 e. The first kappa shape index (κ1) is 22.2. The van der Waals surface area contributed by atoms with E-state index in [-0.39, 0.29) is 36.7 Å². The molecule has 0 bridgehead atoms. The quantitative estimate of drug-likeness (QED) is 0.328. The van der Waals surface area contributed by atoms with Crippen LogP contribution in [0.5, 0.6) is 0 Å². The van der Waals surface area contributed by atoms with Gasteiger partial charge in [-0.15, -0.1) is 0 Å². The van der Waals surface area contributed by atoms with Gasteiger partial charge < -0.3 is 15.3 Å². The average Bonchev–Trinajstić information content (AvgIpc) is 2.59. The van der Waals surface area contributed by atoms with E-state index in [1.54, 1.807) is 34.6 Å². The van der Waals surface area contributed by atoms with Crippen LogP contribution in [0.4, 0.5) is 17.8 Å². The average molecular weight is 376 g/mol. The van der Waals surface area contributed by atoms with Crippen molar-refractivity contribution in [3.63, 3.8) is 0 Å². The van der Waals surface area contributed by atoms with Crippen molar-refractivity contribution in [2.75, 3.05) is 42.0 Å². The van der Waals surface area contributed by atoms with E-state index in [2.05, 4.69) is 15.0 Å². The number of hydrogen-bond acceptors (Lipinski definition) is 12. The van der Waals surface area contributed by atoms with Crippen LogP contribution in [-0.2, 0) is 14.5 Å². The second-order valence-electron chi connectivity index (χ2n) is 5.56. The maximum atomic E-state index is 9.56. The van der Waals surface area contributed by atoms with Gasteiger partial charge in [-0.3, -0.25) is 9.74 Å². The van der Waals surface area contributed by atoms with Crippen molar-refractivity contribution < 1.29 is 29.8 Å². The molecule has 12 heteroatoms. The van der Waals surface area contributed by atoms with Crippen LogP contribution in [0.2, 0.25) is 0 Å². The van der Waals surface area contributed by atoms with Crippen LogP contribution in [0.1, 0.15) is 34.6 Å². The van der Waals surface area contributed by atoms with E-state index in [0.29, 0.717) is 0 Å². The molecule has 0 atom stereocenters. The Balaban J connectivity index is 3.37. The summed E-state index contributed by atoms with van der Waals surface area (Å²) in [4.78, 5) is 29.9. The summed E-state index contributed by atoms with van der Waals surface area (Å²) >= 11 is 0. The zero-order valence-corrected chi connectivity index (χ0v) is 15.7. The Morgan fingerprint density at radius 1 is 0.808 bits per heavy atom. The Morgan fingerprint density at radius 2 is 1.35 bits per heavy atom. The molecule has 1 rings (SSSR count). The Morgan fingerprint density at radius 3 is 1.81 bits per heavy atom. The van der Waals surface area contributed by atoms with Crippen molar-refractivity contribution >= 4 is 17.8 Å². The van der Waals surface area contributed by atoms with Crippen molar-refractivity contribution in [3.8, 4) is 0 Å². The van der Waals surface area contributed by atoms with Crippen LogP contribution in [0, 0.1) is 0 Å². The van der Waals surface area contributed by atoms with Crippen LogP contribution >= 0.6 is 0 Å². The molecule has 0 amide bonds.